The normalized spacial score (nSPS) is 28.3. The number of hydrogen-bond donors (Lipinski definition) is 1. The molecule has 1 unspecified atom stereocenters. The van der Waals surface area contributed by atoms with E-state index in [0.717, 1.165) is 18.4 Å². The quantitative estimate of drug-likeness (QED) is 0.778. The van der Waals surface area contributed by atoms with E-state index < -0.39 is 0 Å². The fourth-order valence-electron chi connectivity index (χ4n) is 2.61. The van der Waals surface area contributed by atoms with Crippen molar-refractivity contribution in [3.05, 3.63) is 0 Å². The van der Waals surface area contributed by atoms with Gasteiger partial charge in [0.25, 0.3) is 0 Å². The van der Waals surface area contributed by atoms with Gasteiger partial charge in [0, 0.05) is 18.3 Å². The molecule has 1 saturated carbocycles. The molecule has 0 spiro atoms. The van der Waals surface area contributed by atoms with Gasteiger partial charge in [0.15, 0.2) is 0 Å². The van der Waals surface area contributed by atoms with Crippen molar-refractivity contribution in [2.75, 3.05) is 32.1 Å². The second kappa shape index (κ2) is 7.57. The van der Waals surface area contributed by atoms with E-state index in [1.807, 2.05) is 11.8 Å². The standard InChI is InChI=1S/C13H28N2S/c1-11(10-16-3)15(2)9-13-6-4-12(8-14)5-7-13/h11-13H,4-10,14H2,1-3H3. The maximum Gasteiger partial charge on any atom is 0.0155 e. The summed E-state index contributed by atoms with van der Waals surface area (Å²) in [5, 5.41) is 0. The minimum absolute atomic E-state index is 0.710. The molecule has 0 bridgehead atoms. The van der Waals surface area contributed by atoms with Gasteiger partial charge < -0.3 is 10.6 Å². The monoisotopic (exact) mass is 244 g/mol. The first-order valence-corrected chi connectivity index (χ1v) is 7.96. The summed E-state index contributed by atoms with van der Waals surface area (Å²) >= 11 is 1.95. The Morgan fingerprint density at radius 1 is 1.25 bits per heavy atom. The molecule has 16 heavy (non-hydrogen) atoms. The number of thioether (sulfide) groups is 1. The molecule has 2 nitrogen and oxygen atoms in total. The Labute approximate surface area is 105 Å². The van der Waals surface area contributed by atoms with Crippen molar-refractivity contribution in [2.24, 2.45) is 17.6 Å². The van der Waals surface area contributed by atoms with Crippen LogP contribution in [0.2, 0.25) is 0 Å². The van der Waals surface area contributed by atoms with Crippen molar-refractivity contribution in [3.63, 3.8) is 0 Å². The van der Waals surface area contributed by atoms with Gasteiger partial charge in [0.1, 0.15) is 0 Å². The molecular weight excluding hydrogens is 216 g/mol. The predicted octanol–water partition coefficient (Wildman–Crippen LogP) is 2.43. The van der Waals surface area contributed by atoms with Crippen LogP contribution in [0.3, 0.4) is 0 Å². The number of nitrogens with zero attached hydrogens (tertiary/aromatic N) is 1. The molecule has 96 valence electrons. The lowest BCUT2D eigenvalue weighted by Crippen LogP contribution is -2.36. The average molecular weight is 244 g/mol. The maximum absolute atomic E-state index is 5.72. The molecular formula is C13H28N2S. The molecule has 1 rings (SSSR count). The Kier molecular flexibility index (Phi) is 6.78. The minimum atomic E-state index is 0.710. The van der Waals surface area contributed by atoms with E-state index >= 15 is 0 Å². The smallest absolute Gasteiger partial charge is 0.0155 e. The van der Waals surface area contributed by atoms with Crippen LogP contribution < -0.4 is 5.73 Å². The summed E-state index contributed by atoms with van der Waals surface area (Å²) in [4.78, 5) is 2.53. The zero-order chi connectivity index (χ0) is 12.0. The van der Waals surface area contributed by atoms with Crippen LogP contribution >= 0.6 is 11.8 Å². The van der Waals surface area contributed by atoms with E-state index in [0.29, 0.717) is 6.04 Å². The summed E-state index contributed by atoms with van der Waals surface area (Å²) in [5.74, 6) is 2.97. The third-order valence-electron chi connectivity index (χ3n) is 4.01. The fourth-order valence-corrected chi connectivity index (χ4v) is 3.34. The van der Waals surface area contributed by atoms with Crippen LogP contribution in [0.1, 0.15) is 32.6 Å². The lowest BCUT2D eigenvalue weighted by atomic mass is 9.82. The number of hydrogen-bond acceptors (Lipinski definition) is 3. The van der Waals surface area contributed by atoms with Crippen molar-refractivity contribution in [3.8, 4) is 0 Å². The Bertz CT molecular complexity index is 179. The van der Waals surface area contributed by atoms with Crippen LogP contribution in [0, 0.1) is 11.8 Å². The third-order valence-corrected chi connectivity index (χ3v) is 4.82. The zero-order valence-corrected chi connectivity index (χ0v) is 11.9. The van der Waals surface area contributed by atoms with Crippen molar-refractivity contribution in [1.29, 1.82) is 0 Å². The van der Waals surface area contributed by atoms with Crippen molar-refractivity contribution in [2.45, 2.75) is 38.6 Å². The summed E-state index contributed by atoms with van der Waals surface area (Å²) < 4.78 is 0. The molecule has 3 heteroatoms. The minimum Gasteiger partial charge on any atom is -0.330 e. The Balaban J connectivity index is 2.22. The molecule has 0 saturated heterocycles. The molecule has 1 fully saturated rings. The Morgan fingerprint density at radius 3 is 2.31 bits per heavy atom. The average Bonchev–Trinajstić information content (AvgIpc) is 2.30. The van der Waals surface area contributed by atoms with E-state index in [9.17, 15) is 0 Å². The van der Waals surface area contributed by atoms with Gasteiger partial charge in [-0.2, -0.15) is 11.8 Å². The van der Waals surface area contributed by atoms with Gasteiger partial charge in [0.2, 0.25) is 0 Å². The van der Waals surface area contributed by atoms with Crippen molar-refractivity contribution < 1.29 is 0 Å². The molecule has 1 atom stereocenters. The largest absolute Gasteiger partial charge is 0.330 e. The number of rotatable bonds is 6. The molecule has 0 aromatic heterocycles. The van der Waals surface area contributed by atoms with Crippen LogP contribution in [0.5, 0.6) is 0 Å². The molecule has 0 aromatic rings. The van der Waals surface area contributed by atoms with Gasteiger partial charge in [-0.3, -0.25) is 0 Å². The van der Waals surface area contributed by atoms with Crippen LogP contribution in [-0.4, -0.2) is 43.1 Å². The van der Waals surface area contributed by atoms with E-state index in [4.69, 9.17) is 5.73 Å². The summed E-state index contributed by atoms with van der Waals surface area (Å²) in [7, 11) is 2.27. The van der Waals surface area contributed by atoms with Gasteiger partial charge in [-0.1, -0.05) is 0 Å². The predicted molar refractivity (Wildman–Crippen MR) is 75.0 cm³/mol. The van der Waals surface area contributed by atoms with Crippen molar-refractivity contribution >= 4 is 11.8 Å². The second-order valence-electron chi connectivity index (χ2n) is 5.37. The molecule has 0 heterocycles. The second-order valence-corrected chi connectivity index (χ2v) is 6.28. The van der Waals surface area contributed by atoms with Crippen LogP contribution in [0.25, 0.3) is 0 Å². The summed E-state index contributed by atoms with van der Waals surface area (Å²) in [5.41, 5.74) is 5.72. The van der Waals surface area contributed by atoms with Gasteiger partial charge in [-0.25, -0.2) is 0 Å². The maximum atomic E-state index is 5.72. The molecule has 0 amide bonds. The highest BCUT2D eigenvalue weighted by Crippen LogP contribution is 2.28. The topological polar surface area (TPSA) is 29.3 Å². The van der Waals surface area contributed by atoms with Crippen LogP contribution in [-0.2, 0) is 0 Å². The summed E-state index contributed by atoms with van der Waals surface area (Å²) in [6.45, 7) is 4.51. The zero-order valence-electron chi connectivity index (χ0n) is 11.1. The Morgan fingerprint density at radius 2 is 1.81 bits per heavy atom. The molecule has 1 aliphatic rings. The molecule has 0 aliphatic heterocycles. The highest BCUT2D eigenvalue weighted by molar-refractivity contribution is 7.98. The first kappa shape index (κ1) is 14.3. The molecule has 0 radical (unpaired) electrons. The van der Waals surface area contributed by atoms with E-state index in [2.05, 4.69) is 25.1 Å². The van der Waals surface area contributed by atoms with E-state index in [-0.39, 0.29) is 0 Å². The SMILES string of the molecule is CSCC(C)N(C)CC1CCC(CN)CC1. The van der Waals surface area contributed by atoms with E-state index in [1.165, 1.54) is 38.0 Å². The highest BCUT2D eigenvalue weighted by atomic mass is 32.2. The summed E-state index contributed by atoms with van der Waals surface area (Å²) in [6.07, 6.45) is 7.67. The highest BCUT2D eigenvalue weighted by Gasteiger charge is 2.22. The first-order valence-electron chi connectivity index (χ1n) is 6.56. The van der Waals surface area contributed by atoms with E-state index in [1.54, 1.807) is 0 Å². The molecule has 1 aliphatic carbocycles. The lowest BCUT2D eigenvalue weighted by molar-refractivity contribution is 0.183. The third kappa shape index (κ3) is 4.64. The van der Waals surface area contributed by atoms with Gasteiger partial charge in [-0.05, 0) is 64.3 Å². The fraction of sp³-hybridized carbons (Fsp3) is 1.00. The van der Waals surface area contributed by atoms with Gasteiger partial charge in [-0.15, -0.1) is 0 Å². The molecule has 0 aromatic carbocycles. The van der Waals surface area contributed by atoms with Crippen LogP contribution in [0.4, 0.5) is 0 Å². The van der Waals surface area contributed by atoms with Crippen LogP contribution in [0.15, 0.2) is 0 Å². The van der Waals surface area contributed by atoms with Gasteiger partial charge >= 0.3 is 0 Å². The lowest BCUT2D eigenvalue weighted by Gasteiger charge is -2.33. The first-order chi connectivity index (χ1) is 7.67. The summed E-state index contributed by atoms with van der Waals surface area (Å²) in [6, 6.07) is 0.710. The Hall–Kier alpha value is 0.270. The number of nitrogens with two attached hydrogens (primary N) is 1. The van der Waals surface area contributed by atoms with Gasteiger partial charge in [0.05, 0.1) is 0 Å². The van der Waals surface area contributed by atoms with Crippen molar-refractivity contribution in [1.82, 2.24) is 4.90 Å². The molecule has 2 N–H and O–H groups in total.